The van der Waals surface area contributed by atoms with Gasteiger partial charge in [-0.25, -0.2) is 0 Å². The maximum absolute atomic E-state index is 2.61. The van der Waals surface area contributed by atoms with Gasteiger partial charge in [-0.05, 0) is 89.1 Å². The van der Waals surface area contributed by atoms with Crippen molar-refractivity contribution < 1.29 is 0 Å². The number of para-hydroxylation sites is 2. The van der Waals surface area contributed by atoms with E-state index in [1.807, 2.05) is 0 Å². The van der Waals surface area contributed by atoms with E-state index in [4.69, 9.17) is 0 Å². The van der Waals surface area contributed by atoms with Crippen molar-refractivity contribution in [2.75, 3.05) is 0 Å². The predicted molar refractivity (Wildman–Crippen MR) is 219 cm³/mol. The third kappa shape index (κ3) is 4.01. The fourth-order valence-corrected chi connectivity index (χ4v) is 9.50. The molecule has 0 bridgehead atoms. The smallest absolute Gasteiger partial charge is 0.0641 e. The van der Waals surface area contributed by atoms with E-state index in [2.05, 4.69) is 181 Å². The van der Waals surface area contributed by atoms with E-state index in [-0.39, 0.29) is 5.41 Å². The van der Waals surface area contributed by atoms with Crippen LogP contribution >= 0.6 is 0 Å². The van der Waals surface area contributed by atoms with Crippen LogP contribution in [0.2, 0.25) is 0 Å². The van der Waals surface area contributed by atoms with Crippen LogP contribution < -0.4 is 0 Å². The van der Waals surface area contributed by atoms with Crippen LogP contribution in [0, 0.1) is 0 Å². The number of aromatic nitrogens is 2. The van der Waals surface area contributed by atoms with E-state index in [9.17, 15) is 0 Å². The third-order valence-electron chi connectivity index (χ3n) is 12.1. The lowest BCUT2D eigenvalue weighted by Crippen LogP contribution is -2.14. The zero-order valence-electron chi connectivity index (χ0n) is 29.5. The van der Waals surface area contributed by atoms with E-state index in [0.29, 0.717) is 0 Å². The van der Waals surface area contributed by atoms with Gasteiger partial charge in [0.2, 0.25) is 0 Å². The summed E-state index contributed by atoms with van der Waals surface area (Å²) >= 11 is 0. The number of nitrogens with zero attached hydrogens (tertiary/aromatic N) is 2. The second-order valence-electron chi connectivity index (χ2n) is 15.2. The first-order valence-corrected chi connectivity index (χ1v) is 18.7. The van der Waals surface area contributed by atoms with Gasteiger partial charge in [0.05, 0.1) is 22.1 Å². The highest BCUT2D eigenvalue weighted by molar-refractivity contribution is 6.27. The van der Waals surface area contributed by atoms with Gasteiger partial charge in [0.25, 0.3) is 0 Å². The zero-order valence-corrected chi connectivity index (χ0v) is 29.5. The maximum Gasteiger partial charge on any atom is 0.0641 e. The number of hydrogen-bond donors (Lipinski definition) is 0. The number of fused-ring (bicyclic) bond motifs is 11. The van der Waals surface area contributed by atoms with Crippen molar-refractivity contribution in [3.63, 3.8) is 0 Å². The van der Waals surface area contributed by atoms with Crippen molar-refractivity contribution in [3.8, 4) is 22.5 Å². The van der Waals surface area contributed by atoms with E-state index >= 15 is 0 Å². The van der Waals surface area contributed by atoms with E-state index in [0.717, 1.165) is 0 Å². The van der Waals surface area contributed by atoms with Crippen molar-refractivity contribution in [1.29, 1.82) is 0 Å². The largest absolute Gasteiger partial charge is 0.309 e. The fourth-order valence-electron chi connectivity index (χ4n) is 9.50. The summed E-state index contributed by atoms with van der Waals surface area (Å²) in [6.07, 6.45) is 3.65. The molecule has 2 aromatic heterocycles. The van der Waals surface area contributed by atoms with Gasteiger partial charge < -0.3 is 9.13 Å². The molecule has 1 fully saturated rings. The van der Waals surface area contributed by atoms with Crippen LogP contribution in [0.15, 0.2) is 163 Å². The molecule has 248 valence electrons. The Bertz CT molecular complexity index is 2910. The summed E-state index contributed by atoms with van der Waals surface area (Å²) in [6.45, 7) is 4.77. The molecule has 52 heavy (non-hydrogen) atoms. The first kappa shape index (κ1) is 29.6. The van der Waals surface area contributed by atoms with E-state index in [1.165, 1.54) is 113 Å². The highest BCUT2D eigenvalue weighted by atomic mass is 15.0. The highest BCUT2D eigenvalue weighted by Gasteiger charge is 2.38. The van der Waals surface area contributed by atoms with Crippen molar-refractivity contribution >= 4 is 49.2 Å². The van der Waals surface area contributed by atoms with Gasteiger partial charge in [-0.3, -0.25) is 0 Å². The van der Waals surface area contributed by atoms with Crippen LogP contribution in [0.4, 0.5) is 0 Å². The molecule has 2 nitrogen and oxygen atoms in total. The van der Waals surface area contributed by atoms with Crippen molar-refractivity contribution in [1.82, 2.24) is 9.13 Å². The zero-order chi connectivity index (χ0) is 34.6. The Hall–Kier alpha value is -6.12. The highest BCUT2D eigenvalue weighted by Crippen LogP contribution is 2.54. The van der Waals surface area contributed by atoms with Gasteiger partial charge in [0.1, 0.15) is 0 Å². The first-order valence-electron chi connectivity index (χ1n) is 18.7. The van der Waals surface area contributed by atoms with Gasteiger partial charge in [-0.1, -0.05) is 141 Å². The average molecular weight is 667 g/mol. The normalized spacial score (nSPS) is 14.6. The fraction of sp³-hybridized carbons (Fsp3) is 0.120. The van der Waals surface area contributed by atoms with Gasteiger partial charge in [-0.2, -0.15) is 0 Å². The minimum Gasteiger partial charge on any atom is -0.309 e. The molecule has 0 atom stereocenters. The molecular formula is C50H38N2. The molecule has 0 amide bonds. The number of allylic oxidation sites excluding steroid dienone is 1. The van der Waals surface area contributed by atoms with E-state index < -0.39 is 0 Å². The van der Waals surface area contributed by atoms with E-state index in [1.54, 1.807) is 5.57 Å². The molecular weight excluding hydrogens is 629 g/mol. The molecule has 2 aliphatic rings. The van der Waals surface area contributed by atoms with Crippen LogP contribution in [0.3, 0.4) is 0 Å². The molecule has 2 heteroatoms. The minimum atomic E-state index is -0.0938. The molecule has 2 heterocycles. The minimum absolute atomic E-state index is 0.0938. The Balaban J connectivity index is 1.28. The molecule has 11 rings (SSSR count). The molecule has 0 N–H and O–H groups in total. The molecule has 0 aliphatic heterocycles. The number of hydrogen-bond acceptors (Lipinski definition) is 0. The average Bonchev–Trinajstić information content (AvgIpc) is 3.77. The molecule has 2 aliphatic carbocycles. The summed E-state index contributed by atoms with van der Waals surface area (Å²) in [5, 5.41) is 5.14. The molecule has 1 saturated carbocycles. The van der Waals surface area contributed by atoms with Gasteiger partial charge in [-0.15, -0.1) is 0 Å². The third-order valence-corrected chi connectivity index (χ3v) is 12.1. The molecule has 0 saturated heterocycles. The number of rotatable bonds is 4. The SMILES string of the molecule is CC1(C)c2ccccc2-c2c1ccc1c3ccc4c(c5ccccc5n4-c4ccccc4)c3n(-c3ccc(C(=C4CCC4)c4ccccc4)cc3)c21. The molecule has 9 aromatic rings. The Kier molecular flexibility index (Phi) is 6.23. The second kappa shape index (κ2) is 10.9. The number of benzene rings is 7. The van der Waals surface area contributed by atoms with Crippen LogP contribution in [0.5, 0.6) is 0 Å². The Morgan fingerprint density at radius 2 is 1.12 bits per heavy atom. The molecule has 7 aromatic carbocycles. The summed E-state index contributed by atoms with van der Waals surface area (Å²) in [4.78, 5) is 0. The van der Waals surface area contributed by atoms with Crippen molar-refractivity contribution in [3.05, 3.63) is 186 Å². The van der Waals surface area contributed by atoms with Crippen LogP contribution in [0.25, 0.3) is 71.7 Å². The molecule has 0 spiro atoms. The lowest BCUT2D eigenvalue weighted by atomic mass is 9.82. The first-order chi connectivity index (χ1) is 25.6. The summed E-state index contributed by atoms with van der Waals surface area (Å²) in [5.41, 5.74) is 18.4. The Morgan fingerprint density at radius 3 is 1.88 bits per heavy atom. The lowest BCUT2D eigenvalue weighted by Gasteiger charge is -2.23. The van der Waals surface area contributed by atoms with Crippen LogP contribution in [-0.2, 0) is 5.41 Å². The molecule has 0 radical (unpaired) electrons. The second-order valence-corrected chi connectivity index (χ2v) is 15.2. The summed E-state index contributed by atoms with van der Waals surface area (Å²) in [6, 6.07) is 58.8. The molecule has 0 unspecified atom stereocenters. The van der Waals surface area contributed by atoms with Crippen LogP contribution in [-0.4, -0.2) is 9.13 Å². The summed E-state index contributed by atoms with van der Waals surface area (Å²) < 4.78 is 5.04. The monoisotopic (exact) mass is 666 g/mol. The van der Waals surface area contributed by atoms with Gasteiger partial charge in [0, 0.05) is 43.9 Å². The van der Waals surface area contributed by atoms with Crippen molar-refractivity contribution in [2.24, 2.45) is 0 Å². The topological polar surface area (TPSA) is 9.86 Å². The Morgan fingerprint density at radius 1 is 0.481 bits per heavy atom. The van der Waals surface area contributed by atoms with Gasteiger partial charge in [0.15, 0.2) is 0 Å². The van der Waals surface area contributed by atoms with Gasteiger partial charge >= 0.3 is 0 Å². The quantitative estimate of drug-likeness (QED) is 0.177. The van der Waals surface area contributed by atoms with Crippen LogP contribution in [0.1, 0.15) is 55.4 Å². The van der Waals surface area contributed by atoms with Crippen molar-refractivity contribution in [2.45, 2.75) is 38.5 Å². The summed E-state index contributed by atoms with van der Waals surface area (Å²) in [5.74, 6) is 0. The standard InChI is InChI=1S/C50H38N2/c1-50(2)41-22-11-9-20-39(41)46-42(50)30-28-37-38-29-31-44-47(40-21-10-12-23-43(40)51(44)35-18-7-4-8-19-35)49(38)52(48(37)46)36-26-24-34(25-27-36)45(33-16-13-17-33)32-14-5-3-6-15-32/h3-12,14-15,18-31H,13,16-17H2,1-2H3. The lowest BCUT2D eigenvalue weighted by molar-refractivity contribution is 0.661. The summed E-state index contributed by atoms with van der Waals surface area (Å²) in [7, 11) is 0. The Labute approximate surface area is 303 Å². The maximum atomic E-state index is 2.61. The predicted octanol–water partition coefficient (Wildman–Crippen LogP) is 13.2.